The summed E-state index contributed by atoms with van der Waals surface area (Å²) in [6.45, 7) is 1.80. The van der Waals surface area contributed by atoms with E-state index in [1.165, 1.54) is 0 Å². The molecule has 0 aromatic heterocycles. The number of rotatable bonds is 7. The number of carbonyl (C=O) groups excluding carboxylic acids is 3. The van der Waals surface area contributed by atoms with E-state index in [-0.39, 0.29) is 6.54 Å². The lowest BCUT2D eigenvalue weighted by atomic mass is 9.87. The number of imide groups is 1. The van der Waals surface area contributed by atoms with Crippen LogP contribution in [0.25, 0.3) is 0 Å². The molecule has 2 aromatic rings. The molecule has 7 nitrogen and oxygen atoms in total. The second-order valence-electron chi connectivity index (χ2n) is 6.57. The summed E-state index contributed by atoms with van der Waals surface area (Å²) < 4.78 is 5.10. The zero-order valence-electron chi connectivity index (χ0n) is 15.9. The first-order valence-corrected chi connectivity index (χ1v) is 9.09. The van der Waals surface area contributed by atoms with Crippen LogP contribution in [0.4, 0.5) is 4.79 Å². The van der Waals surface area contributed by atoms with Crippen molar-refractivity contribution in [2.75, 3.05) is 13.7 Å². The lowest BCUT2D eigenvalue weighted by molar-refractivity contribution is -0.135. The zero-order chi connectivity index (χ0) is 20.1. The third kappa shape index (κ3) is 3.69. The van der Waals surface area contributed by atoms with Gasteiger partial charge < -0.3 is 15.4 Å². The van der Waals surface area contributed by atoms with Gasteiger partial charge in [0.2, 0.25) is 5.91 Å². The molecule has 1 heterocycles. The number of ether oxygens (including phenoxy) is 1. The first kappa shape index (κ1) is 19.4. The Balaban J connectivity index is 1.65. The Morgan fingerprint density at radius 3 is 2.39 bits per heavy atom. The molecule has 1 atom stereocenters. The van der Waals surface area contributed by atoms with E-state index in [1.807, 2.05) is 37.3 Å². The first-order chi connectivity index (χ1) is 13.5. The zero-order valence-corrected chi connectivity index (χ0v) is 15.9. The minimum absolute atomic E-state index is 0.296. The van der Waals surface area contributed by atoms with Crippen LogP contribution in [-0.4, -0.2) is 36.4 Å². The summed E-state index contributed by atoms with van der Waals surface area (Å²) in [6.07, 6.45) is 0.394. The molecule has 1 aliphatic heterocycles. The molecule has 28 heavy (non-hydrogen) atoms. The number of hydrogen-bond donors (Lipinski definition) is 2. The van der Waals surface area contributed by atoms with Crippen molar-refractivity contribution in [2.45, 2.75) is 25.4 Å². The van der Waals surface area contributed by atoms with Crippen molar-refractivity contribution >= 4 is 17.8 Å². The number of nitrogens with one attached hydrogen (secondary N) is 2. The minimum Gasteiger partial charge on any atom is -0.497 e. The van der Waals surface area contributed by atoms with E-state index in [0.29, 0.717) is 18.5 Å². The van der Waals surface area contributed by atoms with Gasteiger partial charge in [-0.15, -0.1) is 0 Å². The highest BCUT2D eigenvalue weighted by molar-refractivity contribution is 6.09. The highest BCUT2D eigenvalue weighted by atomic mass is 16.5. The van der Waals surface area contributed by atoms with Gasteiger partial charge in [-0.3, -0.25) is 14.5 Å². The average molecular weight is 381 g/mol. The van der Waals surface area contributed by atoms with E-state index in [4.69, 9.17) is 4.74 Å². The number of methoxy groups -OCH3 is 1. The van der Waals surface area contributed by atoms with Crippen molar-refractivity contribution < 1.29 is 19.1 Å². The van der Waals surface area contributed by atoms with E-state index in [1.54, 1.807) is 31.4 Å². The number of benzene rings is 2. The van der Waals surface area contributed by atoms with Crippen LogP contribution >= 0.6 is 0 Å². The molecule has 0 bridgehead atoms. The lowest BCUT2D eigenvalue weighted by Crippen LogP contribution is -2.44. The van der Waals surface area contributed by atoms with E-state index in [2.05, 4.69) is 10.6 Å². The summed E-state index contributed by atoms with van der Waals surface area (Å²) in [6, 6.07) is 15.8. The summed E-state index contributed by atoms with van der Waals surface area (Å²) in [5.41, 5.74) is 0.463. The maximum atomic E-state index is 13.0. The van der Waals surface area contributed by atoms with Crippen LogP contribution in [0.2, 0.25) is 0 Å². The second kappa shape index (κ2) is 8.12. The van der Waals surface area contributed by atoms with Gasteiger partial charge in [0.05, 0.1) is 7.11 Å². The van der Waals surface area contributed by atoms with Crippen molar-refractivity contribution in [3.05, 3.63) is 65.7 Å². The molecule has 1 saturated heterocycles. The smallest absolute Gasteiger partial charge is 0.325 e. The van der Waals surface area contributed by atoms with Gasteiger partial charge in [0.25, 0.3) is 5.91 Å². The summed E-state index contributed by atoms with van der Waals surface area (Å²) in [7, 11) is 1.58. The number of carbonyl (C=O) groups is 3. The number of urea groups is 1. The fourth-order valence-corrected chi connectivity index (χ4v) is 3.28. The molecule has 7 heteroatoms. The monoisotopic (exact) mass is 381 g/mol. The Morgan fingerprint density at radius 2 is 1.79 bits per heavy atom. The molecule has 0 saturated carbocycles. The lowest BCUT2D eigenvalue weighted by Gasteiger charge is -2.25. The van der Waals surface area contributed by atoms with Gasteiger partial charge in [-0.05, 0) is 29.7 Å². The van der Waals surface area contributed by atoms with Gasteiger partial charge in [0.1, 0.15) is 17.8 Å². The standard InChI is InChI=1S/C21H23N3O4/c1-3-21(16-7-5-4-6-8-16)19(26)24(20(27)23-21)14-18(25)22-13-15-9-11-17(28-2)12-10-15/h4-12H,3,13-14H2,1-2H3,(H,22,25)(H,23,27)/t21-/m0/s1. The van der Waals surface area contributed by atoms with Gasteiger partial charge in [-0.2, -0.15) is 0 Å². The molecule has 0 aliphatic carbocycles. The Bertz CT molecular complexity index is 867. The SMILES string of the molecule is CC[C@@]1(c2ccccc2)NC(=O)N(CC(=O)NCc2ccc(OC)cc2)C1=O. The van der Waals surface area contributed by atoms with E-state index >= 15 is 0 Å². The summed E-state index contributed by atoms with van der Waals surface area (Å²) in [5.74, 6) is -0.0868. The van der Waals surface area contributed by atoms with Crippen LogP contribution in [0.5, 0.6) is 5.75 Å². The Kier molecular flexibility index (Phi) is 5.63. The van der Waals surface area contributed by atoms with Gasteiger partial charge in [0.15, 0.2) is 0 Å². The molecular weight excluding hydrogens is 358 g/mol. The highest BCUT2D eigenvalue weighted by Crippen LogP contribution is 2.32. The molecular formula is C21H23N3O4. The molecule has 3 rings (SSSR count). The molecule has 2 aromatic carbocycles. The van der Waals surface area contributed by atoms with Crippen LogP contribution in [0.1, 0.15) is 24.5 Å². The van der Waals surface area contributed by atoms with Crippen LogP contribution in [0.15, 0.2) is 54.6 Å². The molecule has 0 unspecified atom stereocenters. The van der Waals surface area contributed by atoms with Gasteiger partial charge in [-0.1, -0.05) is 49.4 Å². The minimum atomic E-state index is -1.13. The fraction of sp³-hybridized carbons (Fsp3) is 0.286. The summed E-state index contributed by atoms with van der Waals surface area (Å²) >= 11 is 0. The maximum absolute atomic E-state index is 13.0. The van der Waals surface area contributed by atoms with Gasteiger partial charge in [-0.25, -0.2) is 4.79 Å². The van der Waals surface area contributed by atoms with E-state index in [0.717, 1.165) is 16.2 Å². The predicted molar refractivity (Wildman–Crippen MR) is 103 cm³/mol. The molecule has 146 valence electrons. The van der Waals surface area contributed by atoms with Crippen LogP contribution in [0.3, 0.4) is 0 Å². The van der Waals surface area contributed by atoms with Crippen molar-refractivity contribution in [1.29, 1.82) is 0 Å². The fourth-order valence-electron chi connectivity index (χ4n) is 3.28. The van der Waals surface area contributed by atoms with E-state index in [9.17, 15) is 14.4 Å². The predicted octanol–water partition coefficient (Wildman–Crippen LogP) is 2.17. The van der Waals surface area contributed by atoms with Gasteiger partial charge in [0, 0.05) is 6.54 Å². The topological polar surface area (TPSA) is 87.7 Å². The largest absolute Gasteiger partial charge is 0.497 e. The Labute approximate surface area is 163 Å². The normalized spacial score (nSPS) is 18.7. The Hall–Kier alpha value is -3.35. The van der Waals surface area contributed by atoms with E-state index < -0.39 is 23.4 Å². The van der Waals surface area contributed by atoms with Crippen molar-refractivity contribution in [3.8, 4) is 5.75 Å². The molecule has 0 radical (unpaired) electrons. The molecule has 1 aliphatic rings. The Morgan fingerprint density at radius 1 is 1.11 bits per heavy atom. The third-order valence-electron chi connectivity index (χ3n) is 4.92. The van der Waals surface area contributed by atoms with Crippen molar-refractivity contribution in [3.63, 3.8) is 0 Å². The summed E-state index contributed by atoms with van der Waals surface area (Å²) in [4.78, 5) is 38.7. The number of nitrogens with zero attached hydrogens (tertiary/aromatic N) is 1. The van der Waals surface area contributed by atoms with Crippen molar-refractivity contribution in [2.24, 2.45) is 0 Å². The average Bonchev–Trinajstić information content (AvgIpc) is 2.98. The number of amides is 4. The second-order valence-corrected chi connectivity index (χ2v) is 6.57. The molecule has 0 spiro atoms. The quantitative estimate of drug-likeness (QED) is 0.720. The third-order valence-corrected chi connectivity index (χ3v) is 4.92. The van der Waals surface area contributed by atoms with Crippen LogP contribution in [-0.2, 0) is 21.7 Å². The van der Waals surface area contributed by atoms with Crippen LogP contribution < -0.4 is 15.4 Å². The highest BCUT2D eigenvalue weighted by Gasteiger charge is 2.51. The van der Waals surface area contributed by atoms with Gasteiger partial charge >= 0.3 is 6.03 Å². The molecule has 1 fully saturated rings. The van der Waals surface area contributed by atoms with Crippen LogP contribution in [0, 0.1) is 0 Å². The van der Waals surface area contributed by atoms with Crippen molar-refractivity contribution in [1.82, 2.24) is 15.5 Å². The number of hydrogen-bond acceptors (Lipinski definition) is 4. The molecule has 4 amide bonds. The first-order valence-electron chi connectivity index (χ1n) is 9.09. The summed E-state index contributed by atoms with van der Waals surface area (Å²) in [5, 5.41) is 5.50. The maximum Gasteiger partial charge on any atom is 0.325 e. The molecule has 2 N–H and O–H groups in total.